The molecule has 0 aliphatic carbocycles. The van der Waals surface area contributed by atoms with Gasteiger partial charge in [0.15, 0.2) is 14.1 Å². The first-order chi connectivity index (χ1) is 12.5. The smallest absolute Gasteiger partial charge is 0.236 e. The first-order valence-corrected chi connectivity index (χ1v) is 10.3. The van der Waals surface area contributed by atoms with Crippen molar-refractivity contribution in [2.24, 2.45) is 0 Å². The van der Waals surface area contributed by atoms with Crippen molar-refractivity contribution in [3.63, 3.8) is 0 Å². The zero-order valence-electron chi connectivity index (χ0n) is 13.4. The number of hydrogen-bond acceptors (Lipinski definition) is 6. The molecule has 0 atom stereocenters. The Hall–Kier alpha value is -1.45. The van der Waals surface area contributed by atoms with Gasteiger partial charge in [-0.25, -0.2) is 9.67 Å². The highest BCUT2D eigenvalue weighted by atomic mass is 35.5. The van der Waals surface area contributed by atoms with E-state index in [4.69, 9.17) is 35.4 Å². The van der Waals surface area contributed by atoms with Crippen LogP contribution in [-0.2, 0) is 4.79 Å². The Balaban J connectivity index is 1.66. The number of thioether (sulfide) groups is 1. The van der Waals surface area contributed by atoms with E-state index >= 15 is 0 Å². The zero-order chi connectivity index (χ0) is 18.7. The van der Waals surface area contributed by atoms with E-state index in [9.17, 15) is 4.79 Å². The Morgan fingerprint density at radius 1 is 1.35 bits per heavy atom. The summed E-state index contributed by atoms with van der Waals surface area (Å²) in [6.45, 7) is 1.76. The lowest BCUT2D eigenvalue weighted by atomic mass is 10.3. The molecule has 3 aromatic rings. The van der Waals surface area contributed by atoms with E-state index < -0.39 is 0 Å². The molecule has 2 heterocycles. The summed E-state index contributed by atoms with van der Waals surface area (Å²) in [6.07, 6.45) is 1.46. The van der Waals surface area contributed by atoms with Gasteiger partial charge >= 0.3 is 0 Å². The third-order valence-electron chi connectivity index (χ3n) is 3.32. The molecule has 0 radical (unpaired) electrons. The van der Waals surface area contributed by atoms with E-state index in [-0.39, 0.29) is 11.7 Å². The van der Waals surface area contributed by atoms with Crippen LogP contribution >= 0.6 is 58.5 Å². The third kappa shape index (κ3) is 4.44. The maximum absolute atomic E-state index is 12.2. The molecular weight excluding hydrogens is 431 g/mol. The van der Waals surface area contributed by atoms with Crippen LogP contribution in [0, 0.1) is 10.9 Å². The Bertz CT molecular complexity index is 1000. The molecule has 26 heavy (non-hydrogen) atoms. The summed E-state index contributed by atoms with van der Waals surface area (Å²) >= 11 is 20.1. The fourth-order valence-electron chi connectivity index (χ4n) is 1.99. The number of para-hydroxylation sites is 1. The Morgan fingerprint density at radius 2 is 2.08 bits per heavy atom. The number of benzene rings is 1. The van der Waals surface area contributed by atoms with Gasteiger partial charge in [0.05, 0.1) is 21.5 Å². The van der Waals surface area contributed by atoms with E-state index in [1.807, 2.05) is 30.3 Å². The first kappa shape index (κ1) is 19.3. The highest BCUT2D eigenvalue weighted by Gasteiger charge is 2.13. The number of aromatic nitrogens is 3. The molecule has 1 amide bonds. The summed E-state index contributed by atoms with van der Waals surface area (Å²) < 4.78 is 3.01. The van der Waals surface area contributed by atoms with E-state index in [0.717, 1.165) is 5.69 Å². The largest absolute Gasteiger partial charge is 0.309 e. The molecule has 0 bridgehead atoms. The highest BCUT2D eigenvalue weighted by molar-refractivity contribution is 8.01. The molecule has 1 N–H and O–H groups in total. The van der Waals surface area contributed by atoms with Gasteiger partial charge in [-0.1, -0.05) is 64.5 Å². The lowest BCUT2D eigenvalue weighted by Gasteiger charge is -2.08. The number of amides is 1. The van der Waals surface area contributed by atoms with Gasteiger partial charge in [0.1, 0.15) is 0 Å². The fraction of sp³-hybridized carbons (Fsp3) is 0.125. The van der Waals surface area contributed by atoms with E-state index in [0.29, 0.717) is 29.7 Å². The molecule has 0 aliphatic heterocycles. The molecule has 10 heteroatoms. The average molecular weight is 443 g/mol. The Morgan fingerprint density at radius 3 is 2.81 bits per heavy atom. The van der Waals surface area contributed by atoms with Crippen LogP contribution in [0.3, 0.4) is 0 Å². The molecule has 0 saturated heterocycles. The lowest BCUT2D eigenvalue weighted by molar-refractivity contribution is -0.113. The van der Waals surface area contributed by atoms with Crippen LogP contribution in [0.1, 0.15) is 5.56 Å². The van der Waals surface area contributed by atoms with Gasteiger partial charge in [0, 0.05) is 6.20 Å². The van der Waals surface area contributed by atoms with Crippen molar-refractivity contribution in [1.29, 1.82) is 0 Å². The summed E-state index contributed by atoms with van der Waals surface area (Å²) in [5.74, 6) is 0.219. The van der Waals surface area contributed by atoms with Crippen molar-refractivity contribution in [3.05, 3.63) is 56.1 Å². The van der Waals surface area contributed by atoms with Crippen molar-refractivity contribution in [3.8, 4) is 5.69 Å². The Kier molecular flexibility index (Phi) is 6.31. The number of pyridine rings is 1. The van der Waals surface area contributed by atoms with Crippen LogP contribution in [-0.4, -0.2) is 26.4 Å². The lowest BCUT2D eigenvalue weighted by Crippen LogP contribution is -2.15. The predicted octanol–water partition coefficient (Wildman–Crippen LogP) is 5.40. The molecule has 2 aromatic heterocycles. The quantitative estimate of drug-likeness (QED) is 0.422. The standard InChI is InChI=1S/C16H12Cl2N4OS3/c1-9-11(17)7-19-14(13(9)18)20-12(23)8-25-15-21-22(16(24)26-15)10-5-3-2-4-6-10/h2-7H,8H2,1H3,(H,19,20,23). The maximum Gasteiger partial charge on any atom is 0.236 e. The minimum absolute atomic E-state index is 0.163. The first-order valence-electron chi connectivity index (χ1n) is 7.34. The van der Waals surface area contributed by atoms with Crippen molar-refractivity contribution in [1.82, 2.24) is 14.8 Å². The van der Waals surface area contributed by atoms with Gasteiger partial charge in [-0.2, -0.15) is 0 Å². The maximum atomic E-state index is 12.2. The molecule has 0 saturated carbocycles. The van der Waals surface area contributed by atoms with Gasteiger partial charge in [-0.15, -0.1) is 5.10 Å². The monoisotopic (exact) mass is 442 g/mol. The molecule has 0 unspecified atom stereocenters. The number of anilines is 1. The van der Waals surface area contributed by atoms with Crippen LogP contribution in [0.4, 0.5) is 5.82 Å². The summed E-state index contributed by atoms with van der Waals surface area (Å²) in [7, 11) is 0. The minimum Gasteiger partial charge on any atom is -0.309 e. The molecule has 1 aromatic carbocycles. The predicted molar refractivity (Wildman–Crippen MR) is 111 cm³/mol. The summed E-state index contributed by atoms with van der Waals surface area (Å²) in [6, 6.07) is 9.61. The number of carbonyl (C=O) groups is 1. The number of nitrogens with zero attached hydrogens (tertiary/aromatic N) is 3. The van der Waals surface area contributed by atoms with Crippen molar-refractivity contribution >= 4 is 70.2 Å². The number of halogens is 2. The number of hydrogen-bond donors (Lipinski definition) is 1. The van der Waals surface area contributed by atoms with Crippen LogP contribution in [0.15, 0.2) is 40.9 Å². The van der Waals surface area contributed by atoms with Crippen molar-refractivity contribution < 1.29 is 4.79 Å². The molecule has 0 aliphatic rings. The van der Waals surface area contributed by atoms with E-state index in [1.54, 1.807) is 11.6 Å². The van der Waals surface area contributed by atoms with Crippen LogP contribution in [0.25, 0.3) is 5.69 Å². The number of carbonyl (C=O) groups excluding carboxylic acids is 1. The Labute approximate surface area is 173 Å². The van der Waals surface area contributed by atoms with Gasteiger partial charge in [-0.3, -0.25) is 4.79 Å². The topological polar surface area (TPSA) is 59.8 Å². The minimum atomic E-state index is -0.237. The molecule has 134 valence electrons. The summed E-state index contributed by atoms with van der Waals surface area (Å²) in [4.78, 5) is 16.2. The highest BCUT2D eigenvalue weighted by Crippen LogP contribution is 2.29. The van der Waals surface area contributed by atoms with Gasteiger partial charge in [-0.05, 0) is 36.8 Å². The second-order valence-electron chi connectivity index (χ2n) is 5.11. The number of nitrogens with one attached hydrogen (secondary N) is 1. The van der Waals surface area contributed by atoms with Crippen LogP contribution in [0.5, 0.6) is 0 Å². The van der Waals surface area contributed by atoms with Gasteiger partial charge in [0.2, 0.25) is 5.91 Å². The van der Waals surface area contributed by atoms with Crippen LogP contribution in [0.2, 0.25) is 10.0 Å². The molecule has 0 fully saturated rings. The van der Waals surface area contributed by atoms with Crippen molar-refractivity contribution in [2.75, 3.05) is 11.1 Å². The van der Waals surface area contributed by atoms with E-state index in [2.05, 4.69) is 15.4 Å². The SMILES string of the molecule is Cc1c(Cl)cnc(NC(=O)CSc2nn(-c3ccccc3)c(=S)s2)c1Cl. The second-order valence-corrected chi connectivity index (χ2v) is 8.74. The zero-order valence-corrected chi connectivity index (χ0v) is 17.4. The fourth-order valence-corrected chi connectivity index (χ4v) is 4.54. The summed E-state index contributed by atoms with van der Waals surface area (Å²) in [5, 5.41) is 7.93. The molecule has 3 rings (SSSR count). The normalized spacial score (nSPS) is 10.7. The van der Waals surface area contributed by atoms with Gasteiger partial charge in [0.25, 0.3) is 0 Å². The second kappa shape index (κ2) is 8.49. The average Bonchev–Trinajstić information content (AvgIpc) is 3.02. The third-order valence-corrected chi connectivity index (χ3v) is 6.53. The van der Waals surface area contributed by atoms with E-state index in [1.165, 1.54) is 29.3 Å². The molecular formula is C16H12Cl2N4OS3. The summed E-state index contributed by atoms with van der Waals surface area (Å²) in [5.41, 5.74) is 1.56. The van der Waals surface area contributed by atoms with Crippen LogP contribution < -0.4 is 5.32 Å². The molecule has 5 nitrogen and oxygen atoms in total. The van der Waals surface area contributed by atoms with Crippen molar-refractivity contribution in [2.45, 2.75) is 11.3 Å². The number of rotatable bonds is 5. The van der Waals surface area contributed by atoms with Gasteiger partial charge < -0.3 is 5.32 Å². The molecule has 0 spiro atoms.